The minimum absolute atomic E-state index is 0.117. The fourth-order valence-electron chi connectivity index (χ4n) is 2.59. The lowest BCUT2D eigenvalue weighted by atomic mass is 10.1. The molecule has 0 fully saturated rings. The molecule has 0 heterocycles. The maximum Gasteiger partial charge on any atom is 0.261 e. The Morgan fingerprint density at radius 3 is 1.86 bits per heavy atom. The molecule has 0 aliphatic heterocycles. The van der Waals surface area contributed by atoms with Gasteiger partial charge >= 0.3 is 0 Å². The highest BCUT2D eigenvalue weighted by atomic mass is 32.2. The molecular formula is C23H22N2O3S. The molecule has 0 bridgehead atoms. The Kier molecular flexibility index (Phi) is 6.14. The third-order valence-electron chi connectivity index (χ3n) is 4.24. The molecule has 0 aliphatic carbocycles. The Morgan fingerprint density at radius 1 is 0.759 bits per heavy atom. The van der Waals surface area contributed by atoms with E-state index >= 15 is 0 Å². The van der Waals surface area contributed by atoms with Gasteiger partial charge in [0.05, 0.1) is 4.90 Å². The lowest BCUT2D eigenvalue weighted by Gasteiger charge is -2.09. The molecule has 3 rings (SSSR count). The number of sulfonamides is 1. The fraction of sp³-hybridized carbons (Fsp3) is 0.0870. The topological polar surface area (TPSA) is 75.3 Å². The summed E-state index contributed by atoms with van der Waals surface area (Å²) in [6, 6.07) is 20.9. The van der Waals surface area contributed by atoms with E-state index in [0.29, 0.717) is 11.4 Å². The van der Waals surface area contributed by atoms with E-state index in [1.165, 1.54) is 18.2 Å². The maximum absolute atomic E-state index is 12.5. The molecule has 5 nitrogen and oxygen atoms in total. The van der Waals surface area contributed by atoms with Crippen LogP contribution in [-0.4, -0.2) is 14.3 Å². The first-order valence-corrected chi connectivity index (χ1v) is 10.6. The summed E-state index contributed by atoms with van der Waals surface area (Å²) in [6.45, 7) is 3.93. The molecule has 0 unspecified atom stereocenters. The van der Waals surface area contributed by atoms with Crippen molar-refractivity contribution in [3.05, 3.63) is 95.6 Å². The second kappa shape index (κ2) is 8.75. The van der Waals surface area contributed by atoms with Crippen LogP contribution in [0.15, 0.2) is 83.8 Å². The number of rotatable bonds is 6. The van der Waals surface area contributed by atoms with Crippen LogP contribution in [0.2, 0.25) is 0 Å². The van der Waals surface area contributed by atoms with Crippen molar-refractivity contribution in [1.82, 2.24) is 0 Å². The van der Waals surface area contributed by atoms with Crippen molar-refractivity contribution in [3.8, 4) is 0 Å². The normalized spacial score (nSPS) is 11.4. The first-order chi connectivity index (χ1) is 13.8. The molecule has 1 amide bonds. The number of benzene rings is 3. The number of amides is 1. The van der Waals surface area contributed by atoms with E-state index in [1.54, 1.807) is 30.3 Å². The highest BCUT2D eigenvalue weighted by Gasteiger charge is 2.14. The molecule has 0 saturated heterocycles. The second-order valence-electron chi connectivity index (χ2n) is 6.73. The lowest BCUT2D eigenvalue weighted by molar-refractivity contribution is -0.111. The van der Waals surface area contributed by atoms with Crippen LogP contribution in [0.25, 0.3) is 6.08 Å². The van der Waals surface area contributed by atoms with Crippen LogP contribution >= 0.6 is 0 Å². The summed E-state index contributed by atoms with van der Waals surface area (Å²) >= 11 is 0. The SMILES string of the molecule is Cc1ccc(/C=C/C(=O)Nc2ccc(S(=O)(=O)Nc3ccc(C)cc3)cc2)cc1. The van der Waals surface area contributed by atoms with Crippen molar-refractivity contribution in [2.45, 2.75) is 18.7 Å². The van der Waals surface area contributed by atoms with Gasteiger partial charge in [0.1, 0.15) is 0 Å². The van der Waals surface area contributed by atoms with Crippen LogP contribution in [0.3, 0.4) is 0 Å². The van der Waals surface area contributed by atoms with Gasteiger partial charge in [-0.1, -0.05) is 47.5 Å². The molecule has 0 saturated carbocycles. The average molecular weight is 407 g/mol. The van der Waals surface area contributed by atoms with Gasteiger partial charge in [0.15, 0.2) is 0 Å². The Balaban J connectivity index is 1.63. The zero-order valence-corrected chi connectivity index (χ0v) is 17.0. The lowest BCUT2D eigenvalue weighted by Crippen LogP contribution is -2.13. The Bertz CT molecular complexity index is 1120. The molecule has 3 aromatic carbocycles. The van der Waals surface area contributed by atoms with Crippen LogP contribution in [0.5, 0.6) is 0 Å². The van der Waals surface area contributed by atoms with Gasteiger partial charge in [-0.2, -0.15) is 0 Å². The largest absolute Gasteiger partial charge is 0.323 e. The molecule has 0 spiro atoms. The molecular weight excluding hydrogens is 384 g/mol. The summed E-state index contributed by atoms with van der Waals surface area (Å²) in [5, 5.41) is 2.72. The van der Waals surface area contributed by atoms with Crippen LogP contribution < -0.4 is 10.0 Å². The van der Waals surface area contributed by atoms with Crippen LogP contribution in [0, 0.1) is 13.8 Å². The molecule has 0 radical (unpaired) electrons. The van der Waals surface area contributed by atoms with Crippen molar-refractivity contribution in [2.24, 2.45) is 0 Å². The molecule has 6 heteroatoms. The van der Waals surface area contributed by atoms with Crippen molar-refractivity contribution in [3.63, 3.8) is 0 Å². The molecule has 3 aromatic rings. The van der Waals surface area contributed by atoms with Crippen LogP contribution in [0.1, 0.15) is 16.7 Å². The average Bonchev–Trinajstić information content (AvgIpc) is 2.70. The summed E-state index contributed by atoms with van der Waals surface area (Å²) in [6.07, 6.45) is 3.16. The smallest absolute Gasteiger partial charge is 0.261 e. The molecule has 148 valence electrons. The number of carbonyl (C=O) groups is 1. The summed E-state index contributed by atoms with van der Waals surface area (Å²) in [7, 11) is -3.70. The van der Waals surface area contributed by atoms with Gasteiger partial charge < -0.3 is 5.32 Å². The Morgan fingerprint density at radius 2 is 1.28 bits per heavy atom. The minimum atomic E-state index is -3.70. The van der Waals surface area contributed by atoms with Gasteiger partial charge in [0.25, 0.3) is 10.0 Å². The second-order valence-corrected chi connectivity index (χ2v) is 8.41. The van der Waals surface area contributed by atoms with E-state index in [9.17, 15) is 13.2 Å². The van der Waals surface area contributed by atoms with E-state index in [2.05, 4.69) is 10.0 Å². The molecule has 0 aliphatic rings. The summed E-state index contributed by atoms with van der Waals surface area (Å²) < 4.78 is 27.5. The van der Waals surface area contributed by atoms with E-state index in [1.807, 2.05) is 50.2 Å². The maximum atomic E-state index is 12.5. The number of anilines is 2. The first kappa shape index (κ1) is 20.4. The quantitative estimate of drug-likeness (QED) is 0.580. The minimum Gasteiger partial charge on any atom is -0.323 e. The number of hydrogen-bond acceptors (Lipinski definition) is 3. The third kappa shape index (κ3) is 5.80. The number of hydrogen-bond donors (Lipinski definition) is 2. The standard InChI is InChI=1S/C23H22N2O3S/c1-17-3-7-19(8-4-17)9-16-23(26)24-20-12-14-22(15-13-20)29(27,28)25-21-10-5-18(2)6-11-21/h3-16,25H,1-2H3,(H,24,26)/b16-9+. The molecule has 0 atom stereocenters. The zero-order chi connectivity index (χ0) is 20.9. The van der Waals surface area contributed by atoms with Gasteiger partial charge in [-0.15, -0.1) is 0 Å². The fourth-order valence-corrected chi connectivity index (χ4v) is 3.65. The first-order valence-electron chi connectivity index (χ1n) is 9.07. The Hall–Kier alpha value is -3.38. The summed E-state index contributed by atoms with van der Waals surface area (Å²) in [5.41, 5.74) is 4.13. The highest BCUT2D eigenvalue weighted by molar-refractivity contribution is 7.92. The highest BCUT2D eigenvalue weighted by Crippen LogP contribution is 2.19. The zero-order valence-electron chi connectivity index (χ0n) is 16.2. The van der Waals surface area contributed by atoms with Gasteiger partial charge in [-0.3, -0.25) is 9.52 Å². The predicted octanol–water partition coefficient (Wildman–Crippen LogP) is 4.76. The van der Waals surface area contributed by atoms with E-state index in [4.69, 9.17) is 0 Å². The van der Waals surface area contributed by atoms with E-state index in [-0.39, 0.29) is 10.8 Å². The van der Waals surface area contributed by atoms with Gasteiger partial charge in [-0.25, -0.2) is 8.42 Å². The number of carbonyl (C=O) groups excluding carboxylic acids is 1. The monoisotopic (exact) mass is 406 g/mol. The van der Waals surface area contributed by atoms with Crippen LogP contribution in [-0.2, 0) is 14.8 Å². The van der Waals surface area contributed by atoms with Gasteiger partial charge in [0.2, 0.25) is 5.91 Å². The predicted molar refractivity (Wildman–Crippen MR) is 117 cm³/mol. The molecule has 29 heavy (non-hydrogen) atoms. The van der Waals surface area contributed by atoms with Gasteiger partial charge in [-0.05, 0) is 61.9 Å². The van der Waals surface area contributed by atoms with Crippen molar-refractivity contribution in [2.75, 3.05) is 10.0 Å². The molecule has 0 aromatic heterocycles. The summed E-state index contributed by atoms with van der Waals surface area (Å²) in [4.78, 5) is 12.2. The van der Waals surface area contributed by atoms with Crippen molar-refractivity contribution >= 4 is 33.4 Å². The van der Waals surface area contributed by atoms with E-state index in [0.717, 1.165) is 16.7 Å². The number of nitrogens with one attached hydrogen (secondary N) is 2. The molecule has 2 N–H and O–H groups in total. The van der Waals surface area contributed by atoms with Gasteiger partial charge in [0, 0.05) is 17.5 Å². The summed E-state index contributed by atoms with van der Waals surface area (Å²) in [5.74, 6) is -0.293. The van der Waals surface area contributed by atoms with Crippen molar-refractivity contribution < 1.29 is 13.2 Å². The van der Waals surface area contributed by atoms with Crippen LogP contribution in [0.4, 0.5) is 11.4 Å². The van der Waals surface area contributed by atoms with Crippen molar-refractivity contribution in [1.29, 1.82) is 0 Å². The van der Waals surface area contributed by atoms with E-state index < -0.39 is 10.0 Å². The third-order valence-corrected chi connectivity index (χ3v) is 5.64. The Labute approximate surface area is 171 Å². The number of aryl methyl sites for hydroxylation is 2.